The van der Waals surface area contributed by atoms with E-state index in [-0.39, 0.29) is 23.6 Å². The molecule has 2 atom stereocenters. The minimum atomic E-state index is -0.447. The minimum absolute atomic E-state index is 0.137. The number of amides is 1. The monoisotopic (exact) mass is 504 g/mol. The van der Waals surface area contributed by atoms with Crippen molar-refractivity contribution in [2.45, 2.75) is 50.9 Å². The number of methoxy groups -OCH3 is 1. The average Bonchev–Trinajstić information content (AvgIpc) is 3.15. The lowest BCUT2D eigenvalue weighted by Gasteiger charge is -2.38. The Labute approximate surface area is 209 Å². The van der Waals surface area contributed by atoms with Gasteiger partial charge in [0.2, 0.25) is 5.95 Å². The molecule has 1 amide bonds. The molecule has 2 aliphatic rings. The van der Waals surface area contributed by atoms with E-state index in [0.717, 1.165) is 31.5 Å². The molecule has 190 valence electrons. The van der Waals surface area contributed by atoms with Gasteiger partial charge in [0, 0.05) is 51.0 Å². The largest absolute Gasteiger partial charge is 0.486 e. The number of H-pyrrole nitrogens is 1. The van der Waals surface area contributed by atoms with Crippen LogP contribution in [0.2, 0.25) is 5.02 Å². The third-order valence-electron chi connectivity index (χ3n) is 6.47. The van der Waals surface area contributed by atoms with Crippen molar-refractivity contribution in [1.29, 1.82) is 0 Å². The molecule has 10 nitrogen and oxygen atoms in total. The van der Waals surface area contributed by atoms with Crippen LogP contribution in [0, 0.1) is 0 Å². The number of aromatic amines is 1. The molecule has 1 aromatic carbocycles. The Morgan fingerprint density at radius 1 is 1.46 bits per heavy atom. The summed E-state index contributed by atoms with van der Waals surface area (Å²) in [5.41, 5.74) is 7.19. The molecule has 0 radical (unpaired) electrons. The predicted molar refractivity (Wildman–Crippen MR) is 135 cm³/mol. The standard InChI is InChI=1S/C24H33ClN6O4/c1-24(2)12-15-20(26)16(25)11-14(21(15)35-24)22(33)29-17-6-10-31(13-18(17)34-3)9-4-7-27-23-28-8-5-19(32)30-23/h5,8,11,17-18H,4,6-7,9-10,12-13,26H2,1-3H3,(H,29,33)(H2,27,28,30,32)/t17?,18-/m0/s1. The third-order valence-corrected chi connectivity index (χ3v) is 6.79. The molecule has 4 rings (SSSR count). The van der Waals surface area contributed by atoms with E-state index >= 15 is 0 Å². The van der Waals surface area contributed by atoms with Gasteiger partial charge in [0.25, 0.3) is 11.5 Å². The number of rotatable bonds is 8. The van der Waals surface area contributed by atoms with Crippen LogP contribution in [0.4, 0.5) is 11.6 Å². The molecule has 0 spiro atoms. The SMILES string of the molecule is CO[C@H]1CN(CCCNc2nccc(=O)[nH]2)CCC1NC(=O)c1cc(Cl)c(N)c2c1OC(C)(C)C2. The van der Waals surface area contributed by atoms with Crippen LogP contribution < -0.4 is 26.7 Å². The van der Waals surface area contributed by atoms with Crippen LogP contribution in [-0.2, 0) is 11.2 Å². The summed E-state index contributed by atoms with van der Waals surface area (Å²) in [5, 5.41) is 6.61. The first-order valence-corrected chi connectivity index (χ1v) is 12.2. The van der Waals surface area contributed by atoms with Gasteiger partial charge >= 0.3 is 0 Å². The van der Waals surface area contributed by atoms with Gasteiger partial charge in [0.05, 0.1) is 28.4 Å². The van der Waals surface area contributed by atoms with Gasteiger partial charge in [0.15, 0.2) is 0 Å². The normalized spacial score (nSPS) is 21.3. The Morgan fingerprint density at radius 2 is 2.26 bits per heavy atom. The van der Waals surface area contributed by atoms with E-state index in [4.69, 9.17) is 26.8 Å². The first-order valence-electron chi connectivity index (χ1n) is 11.8. The Hall–Kier alpha value is -2.82. The van der Waals surface area contributed by atoms with Gasteiger partial charge in [-0.1, -0.05) is 11.6 Å². The summed E-state index contributed by atoms with van der Waals surface area (Å²) in [6, 6.07) is 2.83. The highest BCUT2D eigenvalue weighted by molar-refractivity contribution is 6.33. The summed E-state index contributed by atoms with van der Waals surface area (Å²) in [4.78, 5) is 33.7. The molecule has 35 heavy (non-hydrogen) atoms. The van der Waals surface area contributed by atoms with Crippen molar-refractivity contribution in [2.75, 3.05) is 44.3 Å². The lowest BCUT2D eigenvalue weighted by molar-refractivity contribution is 0.00634. The molecule has 1 saturated heterocycles. The molecule has 0 aliphatic carbocycles. The minimum Gasteiger partial charge on any atom is -0.486 e. The smallest absolute Gasteiger partial charge is 0.255 e. The van der Waals surface area contributed by atoms with E-state index in [1.807, 2.05) is 13.8 Å². The van der Waals surface area contributed by atoms with Gasteiger partial charge in [-0.2, -0.15) is 0 Å². The van der Waals surface area contributed by atoms with Gasteiger partial charge in [-0.3, -0.25) is 14.6 Å². The number of piperidine rings is 1. The number of hydrogen-bond acceptors (Lipinski definition) is 8. The highest BCUT2D eigenvalue weighted by Crippen LogP contribution is 2.44. The van der Waals surface area contributed by atoms with E-state index in [0.29, 0.717) is 47.5 Å². The zero-order valence-corrected chi connectivity index (χ0v) is 21.1. The molecule has 2 aliphatic heterocycles. The number of likely N-dealkylation sites (tertiary alicyclic amines) is 1. The Bertz CT molecular complexity index is 1140. The first kappa shape index (κ1) is 25.3. The summed E-state index contributed by atoms with van der Waals surface area (Å²) in [5.74, 6) is 0.743. The van der Waals surface area contributed by atoms with Gasteiger partial charge < -0.3 is 30.7 Å². The maximum atomic E-state index is 13.3. The molecular formula is C24H33ClN6O4. The number of carbonyl (C=O) groups excluding carboxylic acids is 1. The molecule has 1 unspecified atom stereocenters. The molecule has 5 N–H and O–H groups in total. The summed E-state index contributed by atoms with van der Waals surface area (Å²) in [7, 11) is 1.66. The van der Waals surface area contributed by atoms with Crippen LogP contribution in [0.15, 0.2) is 23.1 Å². The number of nitrogen functional groups attached to an aromatic ring is 1. The number of ether oxygens (including phenoxy) is 2. The second kappa shape index (κ2) is 10.4. The number of anilines is 2. The molecule has 1 fully saturated rings. The molecule has 1 aromatic heterocycles. The van der Waals surface area contributed by atoms with E-state index in [1.54, 1.807) is 13.2 Å². The first-order chi connectivity index (χ1) is 16.7. The lowest BCUT2D eigenvalue weighted by atomic mass is 9.97. The quantitative estimate of drug-likeness (QED) is 0.317. The fourth-order valence-electron chi connectivity index (χ4n) is 4.70. The number of carbonyl (C=O) groups is 1. The maximum Gasteiger partial charge on any atom is 0.255 e. The molecular weight excluding hydrogens is 472 g/mol. The maximum absolute atomic E-state index is 13.3. The molecule has 0 saturated carbocycles. The number of halogens is 1. The molecule has 3 heterocycles. The van der Waals surface area contributed by atoms with Gasteiger partial charge in [-0.05, 0) is 39.3 Å². The average molecular weight is 505 g/mol. The number of fused-ring (bicyclic) bond motifs is 1. The topological polar surface area (TPSA) is 135 Å². The van der Waals surface area contributed by atoms with E-state index in [9.17, 15) is 9.59 Å². The predicted octanol–water partition coefficient (Wildman–Crippen LogP) is 2.04. The van der Waals surface area contributed by atoms with Crippen LogP contribution in [0.1, 0.15) is 42.6 Å². The van der Waals surface area contributed by atoms with Crippen molar-refractivity contribution in [3.8, 4) is 5.75 Å². The summed E-state index contributed by atoms with van der Waals surface area (Å²) in [6.45, 7) is 6.99. The molecule has 0 bridgehead atoms. The van der Waals surface area contributed by atoms with E-state index in [2.05, 4.69) is 25.5 Å². The number of nitrogens with zero attached hydrogens (tertiary/aromatic N) is 2. The van der Waals surface area contributed by atoms with E-state index < -0.39 is 5.60 Å². The summed E-state index contributed by atoms with van der Waals surface area (Å²) in [6.07, 6.45) is 3.54. The number of nitrogens with one attached hydrogen (secondary N) is 3. The summed E-state index contributed by atoms with van der Waals surface area (Å²) >= 11 is 6.34. The van der Waals surface area contributed by atoms with E-state index in [1.165, 1.54) is 12.3 Å². The Morgan fingerprint density at radius 3 is 3.00 bits per heavy atom. The zero-order chi connectivity index (χ0) is 25.2. The van der Waals surface area contributed by atoms with Gasteiger partial charge in [-0.15, -0.1) is 0 Å². The third kappa shape index (κ3) is 5.88. The van der Waals surface area contributed by atoms with Crippen molar-refractivity contribution in [2.24, 2.45) is 0 Å². The molecule has 11 heteroatoms. The van der Waals surface area contributed by atoms with Crippen molar-refractivity contribution in [3.63, 3.8) is 0 Å². The van der Waals surface area contributed by atoms with Crippen LogP contribution in [0.5, 0.6) is 5.75 Å². The van der Waals surface area contributed by atoms with Gasteiger partial charge in [-0.25, -0.2) is 4.98 Å². The summed E-state index contributed by atoms with van der Waals surface area (Å²) < 4.78 is 11.8. The Balaban J connectivity index is 1.33. The lowest BCUT2D eigenvalue weighted by Crippen LogP contribution is -2.55. The second-order valence-corrected chi connectivity index (χ2v) is 10.1. The van der Waals surface area contributed by atoms with Crippen LogP contribution >= 0.6 is 11.6 Å². The molecule has 2 aromatic rings. The van der Waals surface area contributed by atoms with Crippen molar-refractivity contribution in [3.05, 3.63) is 44.8 Å². The number of hydrogen-bond donors (Lipinski definition) is 4. The highest BCUT2D eigenvalue weighted by atomic mass is 35.5. The fraction of sp³-hybridized carbons (Fsp3) is 0.542. The highest BCUT2D eigenvalue weighted by Gasteiger charge is 2.37. The fourth-order valence-corrected chi connectivity index (χ4v) is 4.92. The van der Waals surface area contributed by atoms with Crippen LogP contribution in [-0.4, -0.2) is 71.8 Å². The van der Waals surface area contributed by atoms with Crippen LogP contribution in [0.3, 0.4) is 0 Å². The second-order valence-electron chi connectivity index (χ2n) is 9.67. The number of nitrogens with two attached hydrogens (primary N) is 1. The Kier molecular flexibility index (Phi) is 7.53. The van der Waals surface area contributed by atoms with Crippen LogP contribution in [0.25, 0.3) is 0 Å². The van der Waals surface area contributed by atoms with Crippen molar-refractivity contribution in [1.82, 2.24) is 20.2 Å². The zero-order valence-electron chi connectivity index (χ0n) is 20.3. The van der Waals surface area contributed by atoms with Gasteiger partial charge in [0.1, 0.15) is 11.4 Å². The van der Waals surface area contributed by atoms with Crippen molar-refractivity contribution < 1.29 is 14.3 Å². The number of benzene rings is 1. The van der Waals surface area contributed by atoms with Crippen molar-refractivity contribution >= 4 is 29.1 Å². The number of aromatic nitrogens is 2.